The van der Waals surface area contributed by atoms with E-state index in [2.05, 4.69) is 40.1 Å². The Kier molecular flexibility index (Phi) is 2.52. The van der Waals surface area contributed by atoms with E-state index in [1.807, 2.05) is 13.1 Å². The molecule has 0 saturated heterocycles. The van der Waals surface area contributed by atoms with Crippen LogP contribution in [0, 0.1) is 6.92 Å². The normalized spacial score (nSPS) is 10.6. The lowest BCUT2D eigenvalue weighted by molar-refractivity contribution is 0.779. The zero-order chi connectivity index (χ0) is 11.0. The van der Waals surface area contributed by atoms with Crippen LogP contribution in [0.4, 0.5) is 5.82 Å². The summed E-state index contributed by atoms with van der Waals surface area (Å²) in [5, 5.41) is 4.13. The number of aromatic nitrogens is 2. The number of hydrogen-bond donors (Lipinski definition) is 1. The highest BCUT2D eigenvalue weighted by Crippen LogP contribution is 2.28. The molecule has 1 aromatic carbocycles. The third kappa shape index (κ3) is 1.90. The van der Waals surface area contributed by atoms with Crippen LogP contribution in [0.2, 0.25) is 0 Å². The molecular weight excluding hydrogens is 254 g/mol. The van der Waals surface area contributed by atoms with Crippen LogP contribution in [0.25, 0.3) is 11.1 Å². The van der Waals surface area contributed by atoms with Gasteiger partial charge in [0.15, 0.2) is 0 Å². The second-order valence-electron chi connectivity index (χ2n) is 3.58. The van der Waals surface area contributed by atoms with Gasteiger partial charge in [-0.15, -0.1) is 0 Å². The fraction of sp³-hybridized carbons (Fsp3) is 0.182. The molecule has 0 atom stereocenters. The van der Waals surface area contributed by atoms with Crippen LogP contribution in [0.5, 0.6) is 0 Å². The Morgan fingerprint density at radius 1 is 1.33 bits per heavy atom. The summed E-state index contributed by atoms with van der Waals surface area (Å²) in [4.78, 5) is 0. The number of halogens is 1. The zero-order valence-electron chi connectivity index (χ0n) is 8.66. The molecule has 3 nitrogen and oxygen atoms in total. The van der Waals surface area contributed by atoms with Crippen molar-refractivity contribution >= 4 is 21.7 Å². The highest BCUT2D eigenvalue weighted by atomic mass is 79.9. The number of aryl methyl sites for hydroxylation is 2. The molecule has 0 spiro atoms. The van der Waals surface area contributed by atoms with Gasteiger partial charge in [0.2, 0.25) is 0 Å². The Morgan fingerprint density at radius 3 is 2.60 bits per heavy atom. The Balaban J connectivity index is 2.58. The predicted molar refractivity (Wildman–Crippen MR) is 65.5 cm³/mol. The SMILES string of the molecule is Cc1cc(Br)cc(-c2cnn(C)c2N)c1. The maximum atomic E-state index is 5.92. The van der Waals surface area contributed by atoms with E-state index in [9.17, 15) is 0 Å². The first kappa shape index (κ1) is 10.2. The number of hydrogen-bond acceptors (Lipinski definition) is 2. The lowest BCUT2D eigenvalue weighted by atomic mass is 10.1. The fourth-order valence-corrected chi connectivity index (χ4v) is 2.17. The van der Waals surface area contributed by atoms with Crippen molar-refractivity contribution in [2.75, 3.05) is 5.73 Å². The first-order valence-corrected chi connectivity index (χ1v) is 5.42. The van der Waals surface area contributed by atoms with Gasteiger partial charge < -0.3 is 5.73 Å². The van der Waals surface area contributed by atoms with Gasteiger partial charge in [-0.2, -0.15) is 5.10 Å². The molecule has 0 aliphatic carbocycles. The lowest BCUT2D eigenvalue weighted by Gasteiger charge is -2.03. The maximum Gasteiger partial charge on any atom is 0.129 e. The summed E-state index contributed by atoms with van der Waals surface area (Å²) < 4.78 is 2.73. The fourth-order valence-electron chi connectivity index (χ4n) is 1.56. The molecule has 78 valence electrons. The van der Waals surface area contributed by atoms with E-state index < -0.39 is 0 Å². The molecule has 0 aliphatic heterocycles. The number of nitrogens with two attached hydrogens (primary N) is 1. The zero-order valence-corrected chi connectivity index (χ0v) is 10.2. The standard InChI is InChI=1S/C11H12BrN3/c1-7-3-8(5-9(12)4-7)10-6-14-15(2)11(10)13/h3-6H,13H2,1-2H3. The van der Waals surface area contributed by atoms with Crippen LogP contribution < -0.4 is 5.73 Å². The van der Waals surface area contributed by atoms with E-state index >= 15 is 0 Å². The van der Waals surface area contributed by atoms with Crippen molar-refractivity contribution in [3.05, 3.63) is 34.4 Å². The minimum Gasteiger partial charge on any atom is -0.383 e. The topological polar surface area (TPSA) is 43.8 Å². The van der Waals surface area contributed by atoms with E-state index in [-0.39, 0.29) is 0 Å². The molecule has 1 aromatic heterocycles. The third-order valence-electron chi connectivity index (χ3n) is 2.34. The molecule has 15 heavy (non-hydrogen) atoms. The van der Waals surface area contributed by atoms with Crippen molar-refractivity contribution in [1.82, 2.24) is 9.78 Å². The minimum atomic E-state index is 0.688. The molecule has 0 bridgehead atoms. The minimum absolute atomic E-state index is 0.688. The van der Waals surface area contributed by atoms with E-state index in [1.165, 1.54) is 5.56 Å². The molecule has 0 amide bonds. The van der Waals surface area contributed by atoms with Crippen LogP contribution in [0.15, 0.2) is 28.9 Å². The van der Waals surface area contributed by atoms with E-state index in [4.69, 9.17) is 5.73 Å². The van der Waals surface area contributed by atoms with Crippen LogP contribution in [-0.2, 0) is 7.05 Å². The summed E-state index contributed by atoms with van der Waals surface area (Å²) in [5.41, 5.74) is 9.18. The molecule has 0 saturated carbocycles. The maximum absolute atomic E-state index is 5.92. The molecule has 2 rings (SSSR count). The van der Waals surface area contributed by atoms with Crippen LogP contribution >= 0.6 is 15.9 Å². The summed E-state index contributed by atoms with van der Waals surface area (Å²) >= 11 is 3.47. The average Bonchev–Trinajstić information content (AvgIpc) is 2.46. The first-order valence-electron chi connectivity index (χ1n) is 4.63. The van der Waals surface area contributed by atoms with Gasteiger partial charge in [-0.1, -0.05) is 22.0 Å². The van der Waals surface area contributed by atoms with Gasteiger partial charge in [0.05, 0.1) is 6.20 Å². The summed E-state index contributed by atoms with van der Waals surface area (Å²) in [5.74, 6) is 0.688. The van der Waals surface area contributed by atoms with E-state index in [0.717, 1.165) is 15.6 Å². The second-order valence-corrected chi connectivity index (χ2v) is 4.50. The second kappa shape index (κ2) is 3.70. The Hall–Kier alpha value is -1.29. The van der Waals surface area contributed by atoms with Crippen molar-refractivity contribution in [1.29, 1.82) is 0 Å². The molecular formula is C11H12BrN3. The van der Waals surface area contributed by atoms with Crippen molar-refractivity contribution in [2.24, 2.45) is 7.05 Å². The van der Waals surface area contributed by atoms with Crippen LogP contribution in [0.1, 0.15) is 5.56 Å². The quantitative estimate of drug-likeness (QED) is 0.862. The lowest BCUT2D eigenvalue weighted by Crippen LogP contribution is -1.98. The Bertz CT molecular complexity index is 482. The first-order chi connectivity index (χ1) is 7.08. The van der Waals surface area contributed by atoms with Gasteiger partial charge in [0, 0.05) is 17.1 Å². The molecule has 2 aromatic rings. The van der Waals surface area contributed by atoms with Crippen molar-refractivity contribution in [3.63, 3.8) is 0 Å². The Morgan fingerprint density at radius 2 is 2.07 bits per heavy atom. The van der Waals surface area contributed by atoms with Crippen LogP contribution in [0.3, 0.4) is 0 Å². The molecule has 0 unspecified atom stereocenters. The largest absolute Gasteiger partial charge is 0.383 e. The number of nitrogens with zero attached hydrogens (tertiary/aromatic N) is 2. The monoisotopic (exact) mass is 265 g/mol. The van der Waals surface area contributed by atoms with Crippen molar-refractivity contribution < 1.29 is 0 Å². The smallest absolute Gasteiger partial charge is 0.129 e. The highest BCUT2D eigenvalue weighted by Gasteiger charge is 2.07. The summed E-state index contributed by atoms with van der Waals surface area (Å²) in [6.07, 6.45) is 1.79. The summed E-state index contributed by atoms with van der Waals surface area (Å²) in [7, 11) is 1.84. The molecule has 0 radical (unpaired) electrons. The number of anilines is 1. The predicted octanol–water partition coefficient (Wildman–Crippen LogP) is 2.74. The van der Waals surface area contributed by atoms with Crippen molar-refractivity contribution in [2.45, 2.75) is 6.92 Å². The van der Waals surface area contributed by atoms with Gasteiger partial charge in [-0.25, -0.2) is 0 Å². The Labute approximate surface area is 97.0 Å². The van der Waals surface area contributed by atoms with Gasteiger partial charge in [0.1, 0.15) is 5.82 Å². The molecule has 4 heteroatoms. The van der Waals surface area contributed by atoms with Gasteiger partial charge in [-0.3, -0.25) is 4.68 Å². The van der Waals surface area contributed by atoms with Gasteiger partial charge in [0.25, 0.3) is 0 Å². The molecule has 1 heterocycles. The molecule has 0 aliphatic rings. The van der Waals surface area contributed by atoms with E-state index in [1.54, 1.807) is 10.9 Å². The number of benzene rings is 1. The van der Waals surface area contributed by atoms with Gasteiger partial charge >= 0.3 is 0 Å². The number of rotatable bonds is 1. The van der Waals surface area contributed by atoms with E-state index in [0.29, 0.717) is 5.82 Å². The molecule has 0 fully saturated rings. The number of nitrogen functional groups attached to an aromatic ring is 1. The van der Waals surface area contributed by atoms with Crippen LogP contribution in [-0.4, -0.2) is 9.78 Å². The summed E-state index contributed by atoms with van der Waals surface area (Å²) in [6, 6.07) is 6.20. The van der Waals surface area contributed by atoms with Crippen molar-refractivity contribution in [3.8, 4) is 11.1 Å². The third-order valence-corrected chi connectivity index (χ3v) is 2.80. The molecule has 2 N–H and O–H groups in total. The average molecular weight is 266 g/mol. The summed E-state index contributed by atoms with van der Waals surface area (Å²) in [6.45, 7) is 2.06. The van der Waals surface area contributed by atoms with Gasteiger partial charge in [-0.05, 0) is 30.2 Å². The highest BCUT2D eigenvalue weighted by molar-refractivity contribution is 9.10.